The molecule has 1 aromatic carbocycles. The van der Waals surface area contributed by atoms with Gasteiger partial charge in [-0.25, -0.2) is 0 Å². The average Bonchev–Trinajstić information content (AvgIpc) is 2.64. The first-order chi connectivity index (χ1) is 13.8. The van der Waals surface area contributed by atoms with Crippen molar-refractivity contribution in [2.45, 2.75) is 68.9 Å². The molecular weight excluding hydrogens is 385 g/mol. The highest BCUT2D eigenvalue weighted by molar-refractivity contribution is 5.78. The lowest BCUT2D eigenvalue weighted by atomic mass is 9.77. The van der Waals surface area contributed by atoms with E-state index in [9.17, 15) is 18.0 Å². The van der Waals surface area contributed by atoms with Gasteiger partial charge in [0.15, 0.2) is 6.61 Å². The summed E-state index contributed by atoms with van der Waals surface area (Å²) in [6.07, 6.45) is -1.32. The van der Waals surface area contributed by atoms with Crippen molar-refractivity contribution in [3.05, 3.63) is 29.8 Å². The molecule has 4 aliphatic rings. The summed E-state index contributed by atoms with van der Waals surface area (Å²) < 4.78 is 51.2. The van der Waals surface area contributed by atoms with Crippen LogP contribution in [0.15, 0.2) is 24.3 Å². The van der Waals surface area contributed by atoms with Crippen LogP contribution in [0, 0.1) is 0 Å². The number of piperidine rings is 1. The monoisotopic (exact) mass is 412 g/mol. The predicted octanol–water partition coefficient (Wildman–Crippen LogP) is 3.24. The number of hydrogen-bond acceptors (Lipinski definition) is 4. The Labute approximate surface area is 168 Å². The van der Waals surface area contributed by atoms with Gasteiger partial charge in [-0.2, -0.15) is 13.2 Å². The number of fused-ring (bicyclic) bond motifs is 3. The molecule has 0 radical (unpaired) electrons. The van der Waals surface area contributed by atoms with Crippen LogP contribution >= 0.6 is 0 Å². The van der Waals surface area contributed by atoms with Gasteiger partial charge < -0.3 is 19.7 Å². The van der Waals surface area contributed by atoms with Crippen molar-refractivity contribution >= 4 is 5.91 Å². The van der Waals surface area contributed by atoms with Gasteiger partial charge >= 0.3 is 6.18 Å². The summed E-state index contributed by atoms with van der Waals surface area (Å²) in [6, 6.07) is 5.20. The third kappa shape index (κ3) is 4.38. The third-order valence-corrected chi connectivity index (χ3v) is 6.36. The van der Waals surface area contributed by atoms with Gasteiger partial charge in [-0.05, 0) is 50.2 Å². The molecule has 160 valence electrons. The highest BCUT2D eigenvalue weighted by Gasteiger charge is 2.43. The first-order valence-electron chi connectivity index (χ1n) is 10.3. The topological polar surface area (TPSA) is 50.8 Å². The number of alkyl halides is 3. The highest BCUT2D eigenvalue weighted by Crippen LogP contribution is 2.43. The quantitative estimate of drug-likeness (QED) is 0.810. The number of nitrogens with one attached hydrogen (secondary N) is 1. The lowest BCUT2D eigenvalue weighted by Gasteiger charge is -2.45. The van der Waals surface area contributed by atoms with Crippen LogP contribution in [0.2, 0.25) is 0 Å². The van der Waals surface area contributed by atoms with Crippen LogP contribution in [-0.2, 0) is 9.53 Å². The van der Waals surface area contributed by atoms with E-state index in [1.165, 1.54) is 0 Å². The van der Waals surface area contributed by atoms with E-state index in [4.69, 9.17) is 9.47 Å². The van der Waals surface area contributed by atoms with E-state index < -0.39 is 24.3 Å². The number of ether oxygens (including phenoxy) is 2. The predicted molar refractivity (Wildman–Crippen MR) is 101 cm³/mol. The summed E-state index contributed by atoms with van der Waals surface area (Å²) in [5.41, 5.74) is 1.09. The number of para-hydroxylation sites is 1. The van der Waals surface area contributed by atoms with Crippen LogP contribution in [0.4, 0.5) is 13.2 Å². The molecule has 3 atom stereocenters. The Morgan fingerprint density at radius 1 is 1.24 bits per heavy atom. The van der Waals surface area contributed by atoms with Crippen molar-refractivity contribution in [2.75, 3.05) is 19.8 Å². The Bertz CT molecular complexity index is 736. The van der Waals surface area contributed by atoms with E-state index in [0.717, 1.165) is 25.3 Å². The Kier molecular flexibility index (Phi) is 5.75. The number of rotatable bonds is 2. The van der Waals surface area contributed by atoms with Crippen LogP contribution in [0.5, 0.6) is 5.75 Å². The third-order valence-electron chi connectivity index (χ3n) is 6.36. The van der Waals surface area contributed by atoms with E-state index >= 15 is 0 Å². The van der Waals surface area contributed by atoms with Crippen molar-refractivity contribution in [1.82, 2.24) is 10.2 Å². The molecule has 3 aliphatic heterocycles. The van der Waals surface area contributed by atoms with Gasteiger partial charge in [0, 0.05) is 12.6 Å². The fraction of sp³-hybridized carbons (Fsp3) is 0.667. The van der Waals surface area contributed by atoms with Gasteiger partial charge in [0.1, 0.15) is 11.8 Å². The molecule has 3 heterocycles. The van der Waals surface area contributed by atoms with Gasteiger partial charge in [0.25, 0.3) is 5.91 Å². The maximum absolute atomic E-state index is 13.1. The lowest BCUT2D eigenvalue weighted by molar-refractivity contribution is -0.158. The van der Waals surface area contributed by atoms with Gasteiger partial charge in [0.05, 0.1) is 18.8 Å². The maximum Gasteiger partial charge on any atom is 0.403 e. The highest BCUT2D eigenvalue weighted by atomic mass is 19.4. The molecule has 0 aromatic heterocycles. The van der Waals surface area contributed by atoms with E-state index in [2.05, 4.69) is 5.32 Å². The van der Waals surface area contributed by atoms with Gasteiger partial charge in [0.2, 0.25) is 0 Å². The van der Waals surface area contributed by atoms with Crippen LogP contribution in [0.3, 0.4) is 0 Å². The first-order valence-corrected chi connectivity index (χ1v) is 10.3. The standard InChI is InChI=1S/C21H27F3N2O3/c1-13(21(22,23)24)25-17-6-4-8-26-18(17)11-28-15-9-14(10-15)16-5-2-3-7-19(16)29-12-20(26)27/h2-3,5,7,13-15,17-18,25H,4,6,8-12H2,1H3/t13-,14?,15?,17+,18-/m1/s1. The van der Waals surface area contributed by atoms with Crippen LogP contribution in [-0.4, -0.2) is 61.0 Å². The molecule has 1 aliphatic carbocycles. The van der Waals surface area contributed by atoms with Crippen LogP contribution in [0.1, 0.15) is 44.1 Å². The van der Waals surface area contributed by atoms with E-state index in [1.807, 2.05) is 24.3 Å². The Balaban J connectivity index is 1.54. The molecule has 2 bridgehead atoms. The summed E-state index contributed by atoms with van der Waals surface area (Å²) >= 11 is 0. The first kappa shape index (κ1) is 20.5. The Morgan fingerprint density at radius 3 is 2.76 bits per heavy atom. The lowest BCUT2D eigenvalue weighted by Crippen LogP contribution is -2.61. The zero-order chi connectivity index (χ0) is 20.6. The molecule has 1 amide bonds. The zero-order valence-electron chi connectivity index (χ0n) is 16.5. The minimum Gasteiger partial charge on any atom is -0.483 e. The molecule has 29 heavy (non-hydrogen) atoms. The number of hydrogen-bond donors (Lipinski definition) is 1. The van der Waals surface area contributed by atoms with Gasteiger partial charge in [-0.3, -0.25) is 4.79 Å². The van der Waals surface area contributed by atoms with Crippen molar-refractivity contribution in [1.29, 1.82) is 0 Å². The van der Waals surface area contributed by atoms with Crippen molar-refractivity contribution < 1.29 is 27.4 Å². The second-order valence-corrected chi connectivity index (χ2v) is 8.28. The molecule has 1 N–H and O–H groups in total. The van der Waals surface area contributed by atoms with Gasteiger partial charge in [-0.15, -0.1) is 0 Å². The number of carbonyl (C=O) groups is 1. The number of halogens is 3. The molecule has 8 heteroatoms. The van der Waals surface area contributed by atoms with Crippen LogP contribution in [0.25, 0.3) is 0 Å². The number of carbonyl (C=O) groups excluding carboxylic acids is 1. The summed E-state index contributed by atoms with van der Waals surface area (Å²) in [7, 11) is 0. The number of amides is 1. The molecule has 5 rings (SSSR count). The van der Waals surface area contributed by atoms with E-state index in [1.54, 1.807) is 4.90 Å². The Morgan fingerprint density at radius 2 is 2.00 bits per heavy atom. The minimum atomic E-state index is -4.33. The average molecular weight is 412 g/mol. The molecule has 1 saturated carbocycles. The zero-order valence-corrected chi connectivity index (χ0v) is 16.5. The number of nitrogens with zero attached hydrogens (tertiary/aromatic N) is 1. The van der Waals surface area contributed by atoms with Crippen molar-refractivity contribution in [3.63, 3.8) is 0 Å². The minimum absolute atomic E-state index is 0.0621. The number of benzene rings is 1. The molecule has 1 aromatic rings. The fourth-order valence-corrected chi connectivity index (χ4v) is 4.54. The van der Waals surface area contributed by atoms with E-state index in [-0.39, 0.29) is 25.2 Å². The molecule has 0 unspecified atom stereocenters. The second kappa shape index (κ2) is 8.14. The second-order valence-electron chi connectivity index (χ2n) is 8.28. The molecule has 1 saturated heterocycles. The normalized spacial score (nSPS) is 31.3. The fourth-order valence-electron chi connectivity index (χ4n) is 4.54. The molecule has 5 nitrogen and oxygen atoms in total. The van der Waals surface area contributed by atoms with Crippen LogP contribution < -0.4 is 10.1 Å². The van der Waals surface area contributed by atoms with Gasteiger partial charge in [-0.1, -0.05) is 18.2 Å². The smallest absolute Gasteiger partial charge is 0.403 e. The molecular formula is C21H27F3N2O3. The maximum atomic E-state index is 13.1. The summed E-state index contributed by atoms with van der Waals surface area (Å²) in [4.78, 5) is 14.5. The van der Waals surface area contributed by atoms with Crippen molar-refractivity contribution in [2.24, 2.45) is 0 Å². The summed E-state index contributed by atoms with van der Waals surface area (Å²) in [5, 5.41) is 2.69. The largest absolute Gasteiger partial charge is 0.483 e. The summed E-state index contributed by atoms with van der Waals surface area (Å²) in [6.45, 7) is 1.75. The van der Waals surface area contributed by atoms with E-state index in [0.29, 0.717) is 31.1 Å². The molecule has 2 fully saturated rings. The molecule has 0 spiro atoms. The summed E-state index contributed by atoms with van der Waals surface area (Å²) in [5.74, 6) is 0.819. The Hall–Kier alpha value is -1.80. The van der Waals surface area contributed by atoms with Crippen molar-refractivity contribution in [3.8, 4) is 5.75 Å². The SMILES string of the molecule is C[C@@H](N[C@H]1CCCN2C(=O)COc3ccccc3C3CC(C3)OC[C@H]12)C(F)(F)F.